The van der Waals surface area contributed by atoms with Gasteiger partial charge in [-0.2, -0.15) is 0 Å². The van der Waals surface area contributed by atoms with Gasteiger partial charge in [-0.3, -0.25) is 9.59 Å². The minimum absolute atomic E-state index is 0.0681. The van der Waals surface area contributed by atoms with Crippen LogP contribution in [0.2, 0.25) is 0 Å². The Hall–Kier alpha value is -2.08. The van der Waals surface area contributed by atoms with Gasteiger partial charge in [0.15, 0.2) is 11.4 Å². The van der Waals surface area contributed by atoms with Crippen molar-refractivity contribution >= 4 is 34.4 Å². The lowest BCUT2D eigenvalue weighted by Gasteiger charge is -2.11. The fourth-order valence-electron chi connectivity index (χ4n) is 2.75. The van der Waals surface area contributed by atoms with Crippen LogP contribution in [0.25, 0.3) is 11.1 Å². The van der Waals surface area contributed by atoms with Gasteiger partial charge in [0.05, 0.1) is 18.4 Å². The van der Waals surface area contributed by atoms with Crippen LogP contribution in [0.15, 0.2) is 33.3 Å². The van der Waals surface area contributed by atoms with Gasteiger partial charge >= 0.3 is 0 Å². The third-order valence-corrected chi connectivity index (χ3v) is 5.21. The molecule has 144 valence electrons. The van der Waals surface area contributed by atoms with Crippen molar-refractivity contribution in [1.82, 2.24) is 4.98 Å². The highest BCUT2D eigenvalue weighted by atomic mass is 32.2. The zero-order chi connectivity index (χ0) is 19.8. The molecule has 5 nitrogen and oxygen atoms in total. The molecule has 0 amide bonds. The lowest BCUT2D eigenvalue weighted by atomic mass is 9.97. The molecular formula is C21H25NO4S. The maximum Gasteiger partial charge on any atom is 0.203 e. The Bertz CT molecular complexity index is 916. The summed E-state index contributed by atoms with van der Waals surface area (Å²) in [6.07, 6.45) is 4.91. The molecule has 1 heterocycles. The molecule has 1 saturated carbocycles. The monoisotopic (exact) mass is 387 g/mol. The third-order valence-electron chi connectivity index (χ3n) is 4.44. The predicted octanol–water partition coefficient (Wildman–Crippen LogP) is 4.93. The topological polar surface area (TPSA) is 69.4 Å². The molecule has 0 bridgehead atoms. The Labute approximate surface area is 163 Å². The molecule has 3 rings (SSSR count). The number of benzene rings is 1. The Balaban J connectivity index is 2.12. The van der Waals surface area contributed by atoms with Crippen LogP contribution in [0.4, 0.5) is 0 Å². The number of rotatable bonds is 7. The molecular weight excluding hydrogens is 362 g/mol. The summed E-state index contributed by atoms with van der Waals surface area (Å²) in [5.74, 6) is -0.0147. The van der Waals surface area contributed by atoms with Gasteiger partial charge in [-0.15, -0.1) is 11.8 Å². The van der Waals surface area contributed by atoms with E-state index < -0.39 is 0 Å². The Morgan fingerprint density at radius 2 is 2.04 bits per heavy atom. The Morgan fingerprint density at radius 1 is 1.33 bits per heavy atom. The summed E-state index contributed by atoms with van der Waals surface area (Å²) in [5.41, 5.74) is 1.25. The largest absolute Gasteiger partial charge is 0.501 e. The SMILES string of the molecule is CCOC=C(C(=O)c1ccc(SC)c2nc(C(C)(C)C)oc12)C(=O)C1CC1. The van der Waals surface area contributed by atoms with Gasteiger partial charge in [-0.05, 0) is 38.2 Å². The van der Waals surface area contributed by atoms with Crippen molar-refractivity contribution in [3.05, 3.63) is 35.4 Å². The predicted molar refractivity (Wildman–Crippen MR) is 106 cm³/mol. The molecule has 1 aromatic heterocycles. The van der Waals surface area contributed by atoms with Crippen molar-refractivity contribution in [2.45, 2.75) is 50.8 Å². The summed E-state index contributed by atoms with van der Waals surface area (Å²) in [6, 6.07) is 3.57. The van der Waals surface area contributed by atoms with Crippen LogP contribution in [0.5, 0.6) is 0 Å². The summed E-state index contributed by atoms with van der Waals surface area (Å²) < 4.78 is 11.3. The van der Waals surface area contributed by atoms with Crippen molar-refractivity contribution in [3.63, 3.8) is 0 Å². The highest BCUT2D eigenvalue weighted by Gasteiger charge is 2.36. The number of carbonyl (C=O) groups excluding carboxylic acids is 2. The second kappa shape index (κ2) is 7.50. The van der Waals surface area contributed by atoms with Crippen molar-refractivity contribution in [2.24, 2.45) is 5.92 Å². The number of Topliss-reactive ketones (excluding diaryl/α,β-unsaturated/α-hetero) is 2. The molecule has 6 heteroatoms. The number of ketones is 2. The van der Waals surface area contributed by atoms with Crippen LogP contribution in [-0.4, -0.2) is 29.4 Å². The van der Waals surface area contributed by atoms with Crippen LogP contribution in [-0.2, 0) is 14.9 Å². The van der Waals surface area contributed by atoms with E-state index in [9.17, 15) is 9.59 Å². The van der Waals surface area contributed by atoms with E-state index in [-0.39, 0.29) is 28.5 Å². The molecule has 0 atom stereocenters. The zero-order valence-corrected chi connectivity index (χ0v) is 17.2. The van der Waals surface area contributed by atoms with Crippen LogP contribution < -0.4 is 0 Å². The number of fused-ring (bicyclic) bond motifs is 1. The van der Waals surface area contributed by atoms with E-state index in [0.717, 1.165) is 17.7 Å². The van der Waals surface area contributed by atoms with E-state index in [4.69, 9.17) is 9.15 Å². The number of allylic oxidation sites excluding steroid dienone is 1. The molecule has 0 radical (unpaired) electrons. The average molecular weight is 388 g/mol. The highest BCUT2D eigenvalue weighted by molar-refractivity contribution is 7.98. The fourth-order valence-corrected chi connectivity index (χ4v) is 3.28. The van der Waals surface area contributed by atoms with Crippen LogP contribution in [0.3, 0.4) is 0 Å². The van der Waals surface area contributed by atoms with Gasteiger partial charge < -0.3 is 9.15 Å². The minimum atomic E-state index is -0.366. The standard InChI is InChI=1S/C21H25NO4S/c1-6-25-11-14(17(23)12-7-8-12)18(24)13-9-10-15(27-5)16-19(13)26-20(22-16)21(2,3)4/h9-12H,6-8H2,1-5H3. The maximum atomic E-state index is 13.2. The molecule has 27 heavy (non-hydrogen) atoms. The second-order valence-electron chi connectivity index (χ2n) is 7.72. The van der Waals surface area contributed by atoms with E-state index in [0.29, 0.717) is 29.2 Å². The second-order valence-corrected chi connectivity index (χ2v) is 8.56. The smallest absolute Gasteiger partial charge is 0.203 e. The maximum absolute atomic E-state index is 13.2. The first kappa shape index (κ1) is 19.7. The van der Waals surface area contributed by atoms with E-state index >= 15 is 0 Å². The first-order valence-corrected chi connectivity index (χ1v) is 10.4. The first-order valence-electron chi connectivity index (χ1n) is 9.16. The van der Waals surface area contributed by atoms with Crippen molar-refractivity contribution in [1.29, 1.82) is 0 Å². The number of ether oxygens (including phenoxy) is 1. The summed E-state index contributed by atoms with van der Waals surface area (Å²) in [7, 11) is 0. The lowest BCUT2D eigenvalue weighted by Crippen LogP contribution is -2.16. The minimum Gasteiger partial charge on any atom is -0.501 e. The van der Waals surface area contributed by atoms with E-state index in [1.54, 1.807) is 17.8 Å². The highest BCUT2D eigenvalue weighted by Crippen LogP contribution is 2.36. The first-order chi connectivity index (χ1) is 12.8. The number of hydrogen-bond donors (Lipinski definition) is 0. The summed E-state index contributed by atoms with van der Waals surface area (Å²) in [6.45, 7) is 8.24. The molecule has 2 aromatic rings. The van der Waals surface area contributed by atoms with Gasteiger partial charge in [0, 0.05) is 16.2 Å². The molecule has 0 unspecified atom stereocenters. The quantitative estimate of drug-likeness (QED) is 0.168. The van der Waals surface area contributed by atoms with Gasteiger partial charge in [0.25, 0.3) is 0 Å². The molecule has 0 N–H and O–H groups in total. The number of nitrogens with zero attached hydrogens (tertiary/aromatic N) is 1. The normalized spacial score (nSPS) is 15.2. The lowest BCUT2D eigenvalue weighted by molar-refractivity contribution is -0.116. The number of aromatic nitrogens is 1. The number of thioether (sulfide) groups is 1. The Kier molecular flexibility index (Phi) is 5.47. The van der Waals surface area contributed by atoms with Crippen molar-refractivity contribution < 1.29 is 18.7 Å². The number of hydrogen-bond acceptors (Lipinski definition) is 6. The molecule has 0 spiro atoms. The summed E-state index contributed by atoms with van der Waals surface area (Å²) >= 11 is 1.55. The van der Waals surface area contributed by atoms with E-state index in [1.807, 2.05) is 40.0 Å². The van der Waals surface area contributed by atoms with E-state index in [2.05, 4.69) is 4.98 Å². The molecule has 1 aliphatic carbocycles. The van der Waals surface area contributed by atoms with E-state index in [1.165, 1.54) is 6.26 Å². The molecule has 0 saturated heterocycles. The van der Waals surface area contributed by atoms with Crippen molar-refractivity contribution in [2.75, 3.05) is 12.9 Å². The molecule has 1 fully saturated rings. The summed E-state index contributed by atoms with van der Waals surface area (Å²) in [5, 5.41) is 0. The number of oxazole rings is 1. The Morgan fingerprint density at radius 3 is 2.59 bits per heavy atom. The average Bonchev–Trinajstić information content (AvgIpc) is 3.37. The van der Waals surface area contributed by atoms with Crippen LogP contribution >= 0.6 is 11.8 Å². The molecule has 1 aromatic carbocycles. The zero-order valence-electron chi connectivity index (χ0n) is 16.4. The molecule has 0 aliphatic heterocycles. The van der Waals surface area contributed by atoms with Crippen molar-refractivity contribution in [3.8, 4) is 0 Å². The van der Waals surface area contributed by atoms with Gasteiger partial charge in [-0.25, -0.2) is 4.98 Å². The van der Waals surface area contributed by atoms with Crippen LogP contribution in [0.1, 0.15) is 56.8 Å². The van der Waals surface area contributed by atoms with Gasteiger partial charge in [0.2, 0.25) is 11.7 Å². The number of carbonyl (C=O) groups is 2. The third kappa shape index (κ3) is 3.95. The fraction of sp³-hybridized carbons (Fsp3) is 0.476. The summed E-state index contributed by atoms with van der Waals surface area (Å²) in [4.78, 5) is 31.4. The van der Waals surface area contributed by atoms with Crippen LogP contribution in [0, 0.1) is 5.92 Å². The molecule has 1 aliphatic rings. The van der Waals surface area contributed by atoms with Gasteiger partial charge in [-0.1, -0.05) is 20.8 Å². The van der Waals surface area contributed by atoms with Gasteiger partial charge in [0.1, 0.15) is 11.1 Å².